The average molecular weight is 968 g/mol. The number of allylic oxidation sites excluding steroid dienone is 3. The fourth-order valence-corrected chi connectivity index (χ4v) is 9.26. The van der Waals surface area contributed by atoms with Gasteiger partial charge in [-0.05, 0) is 74.1 Å². The molecular weight excluding hydrogens is 887 g/mol. The van der Waals surface area contributed by atoms with E-state index in [9.17, 15) is 24.9 Å². The standard InChI is InChI=1S/C52H81N13O5/c1-9-55-41(8)50-58-59-51(46-29-44(36(2)3)12-15-48(46)68)65(50)45-13-10-42(11-14-45)28-43-16-18-64(19-17-43)52(70)47(30-53)57-38(5)31-56-49(69)35-63-26-21-60(32-37(4)54)20-22-61(33-39(6)66)23-24-62(25-27-63)34-40(7)67/h10-11,13-15,29,36,43-44,47,55,57,66-68H,4-9,12,16-28,30-35,53-54H2,1-3H3,(H,56,69). The lowest BCUT2D eigenvalue weighted by Gasteiger charge is -2.35. The fourth-order valence-electron chi connectivity index (χ4n) is 9.26. The number of hydrogen-bond donors (Lipinski definition) is 8. The normalized spacial score (nSPS) is 19.0. The van der Waals surface area contributed by atoms with Crippen LogP contribution in [0.5, 0.6) is 0 Å². The molecule has 18 heteroatoms. The van der Waals surface area contributed by atoms with Gasteiger partial charge < -0.3 is 47.6 Å². The second-order valence-electron chi connectivity index (χ2n) is 19.4. The lowest BCUT2D eigenvalue weighted by Crippen LogP contribution is -2.53. The highest BCUT2D eigenvalue weighted by atomic mass is 16.3. The van der Waals surface area contributed by atoms with Crippen LogP contribution >= 0.6 is 0 Å². The molecule has 0 spiro atoms. The molecule has 10 N–H and O–H groups in total. The summed E-state index contributed by atoms with van der Waals surface area (Å²) in [5.74, 6) is 2.28. The van der Waals surface area contributed by atoms with Gasteiger partial charge in [0.05, 0.1) is 49.0 Å². The van der Waals surface area contributed by atoms with Crippen LogP contribution in [-0.2, 0) is 16.0 Å². The van der Waals surface area contributed by atoms with E-state index in [0.29, 0.717) is 138 Å². The zero-order valence-electron chi connectivity index (χ0n) is 42.0. The number of hydrogen-bond acceptors (Lipinski definition) is 15. The lowest BCUT2D eigenvalue weighted by atomic mass is 9.86. The molecule has 0 radical (unpaired) electrons. The van der Waals surface area contributed by atoms with Crippen LogP contribution in [0.3, 0.4) is 0 Å². The summed E-state index contributed by atoms with van der Waals surface area (Å²) in [6.07, 6.45) is 7.31. The van der Waals surface area contributed by atoms with E-state index in [4.69, 9.17) is 11.5 Å². The average Bonchev–Trinajstić information content (AvgIpc) is 3.76. The number of nitrogens with two attached hydrogens (primary N) is 2. The molecule has 1 aromatic carbocycles. The number of amides is 2. The number of nitrogens with one attached hydrogen (secondary N) is 3. The Kier molecular flexibility index (Phi) is 21.1. The van der Waals surface area contributed by atoms with Crippen molar-refractivity contribution in [3.63, 3.8) is 0 Å². The molecule has 70 heavy (non-hydrogen) atoms. The summed E-state index contributed by atoms with van der Waals surface area (Å²) in [6, 6.07) is 7.70. The number of likely N-dealkylation sites (tertiary alicyclic amines) is 1. The monoisotopic (exact) mass is 968 g/mol. The van der Waals surface area contributed by atoms with Crippen molar-refractivity contribution in [2.45, 2.75) is 52.5 Å². The minimum atomic E-state index is -0.681. The van der Waals surface area contributed by atoms with Gasteiger partial charge in [0.2, 0.25) is 11.8 Å². The third-order valence-electron chi connectivity index (χ3n) is 13.3. The van der Waals surface area contributed by atoms with Crippen molar-refractivity contribution in [3.8, 4) is 5.69 Å². The zero-order valence-corrected chi connectivity index (χ0v) is 42.0. The molecule has 2 atom stereocenters. The predicted octanol–water partition coefficient (Wildman–Crippen LogP) is 3.51. The molecule has 1 aliphatic carbocycles. The highest BCUT2D eigenvalue weighted by molar-refractivity contribution is 5.83. The number of carbonyl (C=O) groups is 2. The summed E-state index contributed by atoms with van der Waals surface area (Å²) in [4.78, 5) is 37.5. The third kappa shape index (κ3) is 16.6. The minimum Gasteiger partial charge on any atom is -0.512 e. The van der Waals surface area contributed by atoms with Crippen LogP contribution < -0.4 is 27.4 Å². The third-order valence-corrected chi connectivity index (χ3v) is 13.3. The van der Waals surface area contributed by atoms with Crippen LogP contribution in [-0.4, -0.2) is 184 Å². The molecule has 2 aromatic rings. The van der Waals surface area contributed by atoms with Gasteiger partial charge in [-0.3, -0.25) is 33.8 Å². The highest BCUT2D eigenvalue weighted by Gasteiger charge is 2.30. The number of piperidine rings is 1. The molecule has 5 rings (SSSR count). The summed E-state index contributed by atoms with van der Waals surface area (Å²) in [6.45, 7) is 34.2. The largest absolute Gasteiger partial charge is 0.512 e. The molecule has 2 unspecified atom stereocenters. The van der Waals surface area contributed by atoms with E-state index >= 15 is 0 Å². The molecule has 18 nitrogen and oxygen atoms in total. The Morgan fingerprint density at radius 3 is 1.87 bits per heavy atom. The molecular formula is C52H81N13O5. The van der Waals surface area contributed by atoms with Crippen molar-refractivity contribution >= 4 is 23.1 Å². The maximum atomic E-state index is 13.8. The van der Waals surface area contributed by atoms with E-state index in [1.54, 1.807) is 0 Å². The van der Waals surface area contributed by atoms with E-state index < -0.39 is 6.04 Å². The molecule has 0 bridgehead atoms. The Morgan fingerprint density at radius 2 is 1.36 bits per heavy atom. The van der Waals surface area contributed by atoms with Gasteiger partial charge in [-0.25, -0.2) is 0 Å². The van der Waals surface area contributed by atoms with Crippen LogP contribution in [0.25, 0.3) is 17.0 Å². The smallest absolute Gasteiger partial charge is 0.246 e. The van der Waals surface area contributed by atoms with Crippen LogP contribution in [0.1, 0.15) is 57.2 Å². The van der Waals surface area contributed by atoms with Crippen LogP contribution in [0.15, 0.2) is 98.0 Å². The number of carbonyl (C=O) groups excluding carboxylic acids is 2. The number of aromatic nitrogens is 3. The summed E-state index contributed by atoms with van der Waals surface area (Å²) in [7, 11) is 0. The van der Waals surface area contributed by atoms with E-state index in [1.807, 2.05) is 22.5 Å². The molecule has 2 amide bonds. The predicted molar refractivity (Wildman–Crippen MR) is 279 cm³/mol. The molecule has 1 aromatic heterocycles. The summed E-state index contributed by atoms with van der Waals surface area (Å²) < 4.78 is 1.96. The molecule has 3 heterocycles. The van der Waals surface area contributed by atoms with Crippen LogP contribution in [0.4, 0.5) is 0 Å². The van der Waals surface area contributed by atoms with Gasteiger partial charge >= 0.3 is 0 Å². The van der Waals surface area contributed by atoms with Gasteiger partial charge in [-0.1, -0.05) is 65.0 Å². The highest BCUT2D eigenvalue weighted by Crippen LogP contribution is 2.34. The van der Waals surface area contributed by atoms with E-state index in [1.165, 1.54) is 5.56 Å². The first kappa shape index (κ1) is 55.0. The van der Waals surface area contributed by atoms with Gasteiger partial charge in [0.15, 0.2) is 11.6 Å². The first-order valence-electron chi connectivity index (χ1n) is 24.8. The van der Waals surface area contributed by atoms with Crippen molar-refractivity contribution in [2.24, 2.45) is 29.2 Å². The Hall–Kier alpha value is -5.92. The summed E-state index contributed by atoms with van der Waals surface area (Å²) in [5, 5.41) is 49.5. The van der Waals surface area contributed by atoms with Gasteiger partial charge in [-0.2, -0.15) is 0 Å². The molecule has 2 saturated heterocycles. The number of rotatable bonds is 22. The minimum absolute atomic E-state index is 0.0562. The van der Waals surface area contributed by atoms with Crippen LogP contribution in [0.2, 0.25) is 0 Å². The van der Waals surface area contributed by atoms with Crippen molar-refractivity contribution in [2.75, 3.05) is 111 Å². The molecule has 0 saturated carbocycles. The zero-order chi connectivity index (χ0) is 50.9. The molecule has 2 aliphatic heterocycles. The van der Waals surface area contributed by atoms with E-state index in [2.05, 4.69) is 123 Å². The second-order valence-corrected chi connectivity index (χ2v) is 19.4. The Morgan fingerprint density at radius 1 is 0.800 bits per heavy atom. The topological polar surface area (TPSA) is 230 Å². The summed E-state index contributed by atoms with van der Waals surface area (Å²) >= 11 is 0. The number of benzene rings is 1. The lowest BCUT2D eigenvalue weighted by molar-refractivity contribution is -0.134. The Labute approximate surface area is 415 Å². The number of nitrogens with zero attached hydrogens (tertiary/aromatic N) is 8. The Balaban J connectivity index is 1.12. The van der Waals surface area contributed by atoms with Crippen molar-refractivity contribution < 1.29 is 24.9 Å². The molecule has 384 valence electrons. The van der Waals surface area contributed by atoms with Crippen molar-refractivity contribution in [1.82, 2.24) is 55.2 Å². The first-order chi connectivity index (χ1) is 33.4. The van der Waals surface area contributed by atoms with Crippen LogP contribution in [0, 0.1) is 17.8 Å². The quantitative estimate of drug-likeness (QED) is 0.0790. The number of aliphatic hydroxyl groups is 3. The first-order valence-corrected chi connectivity index (χ1v) is 24.8. The number of aliphatic hydroxyl groups excluding tert-OH is 3. The maximum absolute atomic E-state index is 13.8. The van der Waals surface area contributed by atoms with Gasteiger partial charge in [0.1, 0.15) is 11.8 Å². The molecule has 3 aliphatic rings. The molecule has 2 fully saturated rings. The van der Waals surface area contributed by atoms with Crippen molar-refractivity contribution in [3.05, 3.63) is 115 Å². The summed E-state index contributed by atoms with van der Waals surface area (Å²) in [5.41, 5.74) is 16.6. The van der Waals surface area contributed by atoms with Gasteiger partial charge in [0, 0.05) is 102 Å². The second kappa shape index (κ2) is 26.9. The van der Waals surface area contributed by atoms with Gasteiger partial charge in [0.25, 0.3) is 0 Å². The Bertz CT molecular complexity index is 2160. The van der Waals surface area contributed by atoms with E-state index in [-0.39, 0.29) is 54.6 Å². The maximum Gasteiger partial charge on any atom is 0.246 e. The van der Waals surface area contributed by atoms with Gasteiger partial charge in [-0.15, -0.1) is 10.2 Å². The van der Waals surface area contributed by atoms with E-state index in [0.717, 1.165) is 31.4 Å². The fraction of sp³-hybridized carbons (Fsp3) is 0.538. The van der Waals surface area contributed by atoms with Crippen molar-refractivity contribution in [1.29, 1.82) is 0 Å². The SMILES string of the molecule is C=C(N)CN1CCN(CC(=C)O)CCN(CC(=C)O)CCN(CC(=O)NCC(=C)NC(CN)C(=O)N2CCC(Cc3ccc(-n4c(C(=C)NCC)nnc4C4=CC(C(C)C)CC=C4O)cc3)CC2)CC1.